The summed E-state index contributed by atoms with van der Waals surface area (Å²) >= 11 is 0. The maximum absolute atomic E-state index is 12.6. The zero-order valence-corrected chi connectivity index (χ0v) is 31.9. The summed E-state index contributed by atoms with van der Waals surface area (Å²) < 4.78 is 17.1. The lowest BCUT2D eigenvalue weighted by molar-refractivity contribution is -0.889. The predicted octanol–water partition coefficient (Wildman–Crippen LogP) is 8.63. The zero-order valence-electron chi connectivity index (χ0n) is 31.9. The van der Waals surface area contributed by atoms with Crippen LogP contribution in [0.4, 0.5) is 0 Å². The lowest BCUT2D eigenvalue weighted by Crippen LogP contribution is -2.55. The van der Waals surface area contributed by atoms with E-state index in [0.717, 1.165) is 51.4 Å². The van der Waals surface area contributed by atoms with E-state index >= 15 is 0 Å². The third kappa shape index (κ3) is 30.2. The van der Waals surface area contributed by atoms with Crippen LogP contribution in [-0.4, -0.2) is 75.5 Å². The van der Waals surface area contributed by atoms with Crippen molar-refractivity contribution in [1.82, 2.24) is 0 Å². The maximum atomic E-state index is 12.6. The van der Waals surface area contributed by atoms with Gasteiger partial charge in [0, 0.05) is 19.3 Å². The van der Waals surface area contributed by atoms with E-state index in [2.05, 4.69) is 26.0 Å². The first-order valence-electron chi connectivity index (χ1n) is 19.7. The van der Waals surface area contributed by atoms with Crippen LogP contribution in [0.5, 0.6) is 0 Å². The van der Waals surface area contributed by atoms with Gasteiger partial charge in [0.2, 0.25) is 0 Å². The van der Waals surface area contributed by atoms with Gasteiger partial charge >= 0.3 is 11.9 Å². The summed E-state index contributed by atoms with van der Waals surface area (Å²) in [5, 5.41) is 11.6. The van der Waals surface area contributed by atoms with Gasteiger partial charge in [0.1, 0.15) is 12.6 Å². The van der Waals surface area contributed by atoms with Gasteiger partial charge in [-0.05, 0) is 38.5 Å². The van der Waals surface area contributed by atoms with Crippen LogP contribution in [-0.2, 0) is 28.6 Å². The lowest BCUT2D eigenvalue weighted by atomic mass is 10.1. The first kappa shape index (κ1) is 46.1. The molecule has 0 aliphatic heterocycles. The number of carbonyl (C=O) groups excluding carboxylic acids is 3. The van der Waals surface area contributed by atoms with E-state index in [0.29, 0.717) is 12.8 Å². The van der Waals surface area contributed by atoms with Gasteiger partial charge in [0.15, 0.2) is 6.10 Å². The van der Waals surface area contributed by atoms with Crippen molar-refractivity contribution >= 4 is 17.9 Å². The number of rotatable bonds is 35. The first-order chi connectivity index (χ1) is 23.1. The fraction of sp³-hybridized carbons (Fsp3) is 0.875. The van der Waals surface area contributed by atoms with Crippen molar-refractivity contribution in [1.29, 1.82) is 0 Å². The Bertz CT molecular complexity index is 808. The fourth-order valence-corrected chi connectivity index (χ4v) is 5.77. The summed E-state index contributed by atoms with van der Waals surface area (Å²) in [6, 6.07) is -0.721. The summed E-state index contributed by atoms with van der Waals surface area (Å²) in [7, 11) is 5.40. The number of aliphatic carboxylic acids is 1. The molecule has 0 bridgehead atoms. The van der Waals surface area contributed by atoms with E-state index in [4.69, 9.17) is 14.2 Å². The standard InChI is InChI=1S/C40H75NO7/c1-6-8-10-12-14-16-17-18-19-20-21-23-25-27-29-31-39(43)48-36(34-46-33-32-37(40(44)45)41(3,4)5)35-47-38(42)30-28-26-24-22-15-13-11-9-7-2/h18-19,36-37H,6-17,20-35H2,1-5H3/b19-18-. The van der Waals surface area contributed by atoms with Gasteiger partial charge in [-0.15, -0.1) is 0 Å². The van der Waals surface area contributed by atoms with Crippen molar-refractivity contribution in [3.05, 3.63) is 12.2 Å². The van der Waals surface area contributed by atoms with Crippen LogP contribution in [0.25, 0.3) is 0 Å². The number of hydrogen-bond acceptors (Lipinski definition) is 7. The Morgan fingerprint density at radius 2 is 1.04 bits per heavy atom. The quantitative estimate of drug-likeness (QED) is 0.0286. The molecule has 0 saturated carbocycles. The minimum Gasteiger partial charge on any atom is -0.544 e. The number of carboxylic acids is 1. The molecule has 48 heavy (non-hydrogen) atoms. The van der Waals surface area contributed by atoms with Gasteiger partial charge in [-0.1, -0.05) is 129 Å². The molecule has 0 aromatic heterocycles. The van der Waals surface area contributed by atoms with E-state index < -0.39 is 18.1 Å². The van der Waals surface area contributed by atoms with Crippen molar-refractivity contribution in [2.75, 3.05) is 41.0 Å². The largest absolute Gasteiger partial charge is 0.544 e. The smallest absolute Gasteiger partial charge is 0.306 e. The second kappa shape index (κ2) is 32.3. The van der Waals surface area contributed by atoms with Crippen LogP contribution in [0.15, 0.2) is 12.2 Å². The summed E-state index contributed by atoms with van der Waals surface area (Å²) in [5.74, 6) is -1.74. The molecule has 0 fully saturated rings. The van der Waals surface area contributed by atoms with E-state index in [1.54, 1.807) is 21.1 Å². The molecule has 2 unspecified atom stereocenters. The van der Waals surface area contributed by atoms with Crippen LogP contribution >= 0.6 is 0 Å². The molecule has 0 amide bonds. The monoisotopic (exact) mass is 682 g/mol. The molecule has 0 spiro atoms. The maximum Gasteiger partial charge on any atom is 0.306 e. The van der Waals surface area contributed by atoms with Crippen molar-refractivity contribution in [2.24, 2.45) is 0 Å². The van der Waals surface area contributed by atoms with Gasteiger partial charge in [-0.25, -0.2) is 0 Å². The summed E-state index contributed by atoms with van der Waals surface area (Å²) in [5.41, 5.74) is 0. The van der Waals surface area contributed by atoms with Gasteiger partial charge in [-0.2, -0.15) is 0 Å². The van der Waals surface area contributed by atoms with Crippen LogP contribution in [0.2, 0.25) is 0 Å². The number of allylic oxidation sites excluding steroid dienone is 2. The number of quaternary nitrogens is 1. The first-order valence-corrected chi connectivity index (χ1v) is 19.7. The van der Waals surface area contributed by atoms with Crippen molar-refractivity contribution in [3.8, 4) is 0 Å². The van der Waals surface area contributed by atoms with Crippen LogP contribution in [0, 0.1) is 0 Å². The highest BCUT2D eigenvalue weighted by atomic mass is 16.6. The predicted molar refractivity (Wildman–Crippen MR) is 194 cm³/mol. The molecule has 0 aromatic rings. The van der Waals surface area contributed by atoms with Crippen molar-refractivity contribution in [2.45, 2.75) is 187 Å². The fourth-order valence-electron chi connectivity index (χ4n) is 5.77. The minimum absolute atomic E-state index is 0.0420. The molecule has 0 saturated heterocycles. The number of esters is 2. The Balaban J connectivity index is 4.39. The van der Waals surface area contributed by atoms with Gasteiger partial charge in [-0.3, -0.25) is 9.59 Å². The number of likely N-dealkylation sites (N-methyl/N-ethyl adjacent to an activating group) is 1. The zero-order chi connectivity index (χ0) is 35.7. The Labute approximate surface area is 295 Å². The molecule has 0 N–H and O–H groups in total. The average molecular weight is 682 g/mol. The van der Waals surface area contributed by atoms with Crippen LogP contribution in [0.1, 0.15) is 174 Å². The number of carbonyl (C=O) groups is 3. The molecule has 8 heteroatoms. The average Bonchev–Trinajstić information content (AvgIpc) is 3.03. The SMILES string of the molecule is CCCCCCCC/C=C\CCCCCCCC(=O)OC(COCCC(C(=O)[O-])[N+](C)(C)C)COC(=O)CCCCCCCCCCC. The molecule has 0 heterocycles. The summed E-state index contributed by atoms with van der Waals surface area (Å²) in [6.45, 7) is 4.62. The molecule has 8 nitrogen and oxygen atoms in total. The highest BCUT2D eigenvalue weighted by molar-refractivity contribution is 5.70. The second-order valence-electron chi connectivity index (χ2n) is 14.5. The highest BCUT2D eigenvalue weighted by Gasteiger charge is 2.25. The van der Waals surface area contributed by atoms with Crippen LogP contribution in [0.3, 0.4) is 0 Å². The third-order valence-corrected chi connectivity index (χ3v) is 8.90. The minimum atomic E-state index is -1.13. The number of carboxylic acid groups (broad SMARTS) is 1. The number of ether oxygens (including phenoxy) is 3. The lowest BCUT2D eigenvalue weighted by Gasteiger charge is -2.34. The van der Waals surface area contributed by atoms with Gasteiger partial charge in [0.25, 0.3) is 0 Å². The molecule has 282 valence electrons. The molecular weight excluding hydrogens is 606 g/mol. The number of unbranched alkanes of at least 4 members (excludes halogenated alkanes) is 19. The normalized spacial score (nSPS) is 13.1. The molecule has 0 aromatic carbocycles. The molecular formula is C40H75NO7. The topological polar surface area (TPSA) is 102 Å². The third-order valence-electron chi connectivity index (χ3n) is 8.90. The number of nitrogens with zero attached hydrogens (tertiary/aromatic N) is 1. The Hall–Kier alpha value is -1.93. The van der Waals surface area contributed by atoms with Gasteiger partial charge < -0.3 is 28.6 Å². The summed E-state index contributed by atoms with van der Waals surface area (Å²) in [4.78, 5) is 36.6. The highest BCUT2D eigenvalue weighted by Crippen LogP contribution is 2.13. The molecule has 0 aliphatic rings. The van der Waals surface area contributed by atoms with Crippen LogP contribution < -0.4 is 5.11 Å². The molecule has 2 atom stereocenters. The van der Waals surface area contributed by atoms with E-state index in [1.807, 2.05) is 0 Å². The van der Waals surface area contributed by atoms with E-state index in [1.165, 1.54) is 89.9 Å². The molecule has 0 radical (unpaired) electrons. The van der Waals surface area contributed by atoms with Gasteiger partial charge in [0.05, 0.1) is 40.3 Å². The molecule has 0 rings (SSSR count). The number of hydrogen-bond donors (Lipinski definition) is 0. The molecule has 0 aliphatic carbocycles. The Morgan fingerprint density at radius 3 is 1.50 bits per heavy atom. The second-order valence-corrected chi connectivity index (χ2v) is 14.5. The Kier molecular flexibility index (Phi) is 31.0. The van der Waals surface area contributed by atoms with Crippen molar-refractivity contribution < 1.29 is 38.2 Å². The van der Waals surface area contributed by atoms with E-state index in [9.17, 15) is 19.5 Å². The van der Waals surface area contributed by atoms with Crippen molar-refractivity contribution in [3.63, 3.8) is 0 Å². The summed E-state index contributed by atoms with van der Waals surface area (Å²) in [6.07, 6.45) is 30.9. The Morgan fingerprint density at radius 1 is 0.604 bits per heavy atom. The van der Waals surface area contributed by atoms with E-state index in [-0.39, 0.29) is 42.7 Å².